The van der Waals surface area contributed by atoms with Crippen LogP contribution in [0.4, 0.5) is 0 Å². The van der Waals surface area contributed by atoms with Crippen LogP contribution in [0.5, 0.6) is 0 Å². The van der Waals surface area contributed by atoms with Crippen LogP contribution >= 0.6 is 0 Å². The van der Waals surface area contributed by atoms with Gasteiger partial charge in [-0.2, -0.15) is 0 Å². The largest absolute Gasteiger partial charge is 0.495 e. The maximum atomic E-state index is 10.4. The van der Waals surface area contributed by atoms with Crippen molar-refractivity contribution in [2.45, 2.75) is 18.9 Å². The lowest BCUT2D eigenvalue weighted by molar-refractivity contribution is 0.0925. The third-order valence-corrected chi connectivity index (χ3v) is 3.19. The molecule has 18 heavy (non-hydrogen) atoms. The SMILES string of the molecule is OC(C1=CCCCO1)c1cccc2cccnc12. The summed E-state index contributed by atoms with van der Waals surface area (Å²) in [6.07, 6.45) is 4.98. The summed E-state index contributed by atoms with van der Waals surface area (Å²) in [5.74, 6) is 0.652. The van der Waals surface area contributed by atoms with Crippen molar-refractivity contribution in [3.8, 4) is 0 Å². The molecular formula is C15H15NO2. The van der Waals surface area contributed by atoms with Gasteiger partial charge in [0.05, 0.1) is 12.1 Å². The summed E-state index contributed by atoms with van der Waals surface area (Å²) >= 11 is 0. The number of para-hydroxylation sites is 1. The molecule has 0 bridgehead atoms. The Hall–Kier alpha value is -1.87. The van der Waals surface area contributed by atoms with E-state index in [1.165, 1.54) is 0 Å². The van der Waals surface area contributed by atoms with Gasteiger partial charge in [-0.25, -0.2) is 0 Å². The average Bonchev–Trinajstić information content (AvgIpc) is 2.47. The van der Waals surface area contributed by atoms with Crippen LogP contribution in [0.25, 0.3) is 10.9 Å². The smallest absolute Gasteiger partial charge is 0.138 e. The molecule has 0 spiro atoms. The fourth-order valence-electron chi connectivity index (χ4n) is 2.27. The summed E-state index contributed by atoms with van der Waals surface area (Å²) in [6, 6.07) is 9.73. The summed E-state index contributed by atoms with van der Waals surface area (Å²) in [5.41, 5.74) is 1.64. The van der Waals surface area contributed by atoms with Crippen molar-refractivity contribution in [2.24, 2.45) is 0 Å². The number of ether oxygens (including phenoxy) is 1. The Kier molecular flexibility index (Phi) is 2.99. The van der Waals surface area contributed by atoms with E-state index in [-0.39, 0.29) is 0 Å². The van der Waals surface area contributed by atoms with E-state index in [4.69, 9.17) is 4.74 Å². The molecule has 1 unspecified atom stereocenters. The number of hydrogen-bond acceptors (Lipinski definition) is 3. The van der Waals surface area contributed by atoms with E-state index in [9.17, 15) is 5.11 Å². The van der Waals surface area contributed by atoms with Crippen molar-refractivity contribution in [1.82, 2.24) is 4.98 Å². The van der Waals surface area contributed by atoms with E-state index in [2.05, 4.69) is 4.98 Å². The Morgan fingerprint density at radius 1 is 1.22 bits per heavy atom. The van der Waals surface area contributed by atoms with Crippen molar-refractivity contribution < 1.29 is 9.84 Å². The highest BCUT2D eigenvalue weighted by Crippen LogP contribution is 2.29. The Morgan fingerprint density at radius 2 is 2.11 bits per heavy atom. The Bertz CT molecular complexity index is 587. The van der Waals surface area contributed by atoms with Gasteiger partial charge < -0.3 is 9.84 Å². The first kappa shape index (κ1) is 11.2. The molecule has 3 heteroatoms. The summed E-state index contributed by atoms with van der Waals surface area (Å²) in [5, 5.41) is 11.4. The monoisotopic (exact) mass is 241 g/mol. The molecule has 0 fully saturated rings. The van der Waals surface area contributed by atoms with Gasteiger partial charge in [-0.1, -0.05) is 24.3 Å². The van der Waals surface area contributed by atoms with Crippen LogP contribution in [0.3, 0.4) is 0 Å². The topological polar surface area (TPSA) is 42.4 Å². The van der Waals surface area contributed by atoms with Crippen LogP contribution in [-0.4, -0.2) is 16.7 Å². The highest BCUT2D eigenvalue weighted by molar-refractivity contribution is 5.82. The molecule has 2 aromatic rings. The highest BCUT2D eigenvalue weighted by Gasteiger charge is 2.19. The molecule has 2 heterocycles. The van der Waals surface area contributed by atoms with Gasteiger partial charge in [0.25, 0.3) is 0 Å². The van der Waals surface area contributed by atoms with Gasteiger partial charge in [-0.05, 0) is 25.0 Å². The first-order chi connectivity index (χ1) is 8.86. The lowest BCUT2D eigenvalue weighted by atomic mass is 10.0. The maximum Gasteiger partial charge on any atom is 0.138 e. The fraction of sp³-hybridized carbons (Fsp3) is 0.267. The van der Waals surface area contributed by atoms with Crippen LogP contribution in [-0.2, 0) is 4.74 Å². The highest BCUT2D eigenvalue weighted by atomic mass is 16.5. The maximum absolute atomic E-state index is 10.4. The van der Waals surface area contributed by atoms with Gasteiger partial charge in [0.1, 0.15) is 11.9 Å². The van der Waals surface area contributed by atoms with Crippen molar-refractivity contribution >= 4 is 10.9 Å². The summed E-state index contributed by atoms with van der Waals surface area (Å²) in [4.78, 5) is 4.35. The first-order valence-electron chi connectivity index (χ1n) is 6.21. The zero-order chi connectivity index (χ0) is 12.4. The lowest BCUT2D eigenvalue weighted by Crippen LogP contribution is -2.10. The summed E-state index contributed by atoms with van der Waals surface area (Å²) in [6.45, 7) is 0.682. The molecule has 1 N–H and O–H groups in total. The summed E-state index contributed by atoms with van der Waals surface area (Å²) in [7, 11) is 0. The van der Waals surface area contributed by atoms with E-state index < -0.39 is 6.10 Å². The van der Waals surface area contributed by atoms with Gasteiger partial charge in [0, 0.05) is 17.1 Å². The number of benzene rings is 1. The molecule has 3 nitrogen and oxygen atoms in total. The van der Waals surface area contributed by atoms with Crippen LogP contribution < -0.4 is 0 Å². The van der Waals surface area contributed by atoms with Crippen LogP contribution in [0.15, 0.2) is 48.4 Å². The normalized spacial score (nSPS) is 17.1. The predicted molar refractivity (Wildman–Crippen MR) is 70.0 cm³/mol. The van der Waals surface area contributed by atoms with E-state index in [1.54, 1.807) is 6.20 Å². The van der Waals surface area contributed by atoms with Crippen molar-refractivity contribution in [3.63, 3.8) is 0 Å². The number of pyridine rings is 1. The van der Waals surface area contributed by atoms with Crippen LogP contribution in [0.2, 0.25) is 0 Å². The molecule has 92 valence electrons. The standard InChI is InChI=1S/C15H15NO2/c17-15(13-8-1-2-10-18-13)12-7-3-5-11-6-4-9-16-14(11)12/h3-9,15,17H,1-2,10H2. The number of allylic oxidation sites excluding steroid dienone is 1. The van der Waals surface area contributed by atoms with Gasteiger partial charge in [0.15, 0.2) is 0 Å². The quantitative estimate of drug-likeness (QED) is 0.879. The second-order valence-electron chi connectivity index (χ2n) is 4.42. The average molecular weight is 241 g/mol. The molecule has 1 aliphatic heterocycles. The number of nitrogens with zero attached hydrogens (tertiary/aromatic N) is 1. The molecule has 1 aromatic heterocycles. The second-order valence-corrected chi connectivity index (χ2v) is 4.42. The Balaban J connectivity index is 2.05. The van der Waals surface area contributed by atoms with Crippen molar-refractivity contribution in [1.29, 1.82) is 0 Å². The van der Waals surface area contributed by atoms with Gasteiger partial charge >= 0.3 is 0 Å². The van der Waals surface area contributed by atoms with Gasteiger partial charge in [-0.3, -0.25) is 4.98 Å². The van der Waals surface area contributed by atoms with Gasteiger partial charge in [0.2, 0.25) is 0 Å². The zero-order valence-electron chi connectivity index (χ0n) is 10.0. The number of aliphatic hydroxyl groups excluding tert-OH is 1. The van der Waals surface area contributed by atoms with Gasteiger partial charge in [-0.15, -0.1) is 0 Å². The first-order valence-corrected chi connectivity index (χ1v) is 6.21. The predicted octanol–water partition coefficient (Wildman–Crippen LogP) is 2.96. The zero-order valence-corrected chi connectivity index (χ0v) is 10.0. The molecule has 1 atom stereocenters. The minimum absolute atomic E-state index is 0.652. The van der Waals surface area contributed by atoms with Crippen LogP contribution in [0.1, 0.15) is 24.5 Å². The Morgan fingerprint density at radius 3 is 2.94 bits per heavy atom. The molecular weight excluding hydrogens is 226 g/mol. The molecule has 0 saturated heterocycles. The van der Waals surface area contributed by atoms with Crippen LogP contribution in [0, 0.1) is 0 Å². The number of hydrogen-bond donors (Lipinski definition) is 1. The molecule has 0 amide bonds. The van der Waals surface area contributed by atoms with Crippen molar-refractivity contribution in [2.75, 3.05) is 6.61 Å². The minimum Gasteiger partial charge on any atom is -0.495 e. The van der Waals surface area contributed by atoms with Crippen molar-refractivity contribution in [3.05, 3.63) is 53.9 Å². The number of rotatable bonds is 2. The lowest BCUT2D eigenvalue weighted by Gasteiger charge is -2.20. The van der Waals surface area contributed by atoms with E-state index >= 15 is 0 Å². The third kappa shape index (κ3) is 1.97. The van der Waals surface area contributed by atoms with E-state index in [0.29, 0.717) is 12.4 Å². The van der Waals surface area contributed by atoms with E-state index in [1.807, 2.05) is 36.4 Å². The van der Waals surface area contributed by atoms with E-state index in [0.717, 1.165) is 29.3 Å². The Labute approximate surface area is 106 Å². The second kappa shape index (κ2) is 4.78. The molecule has 0 saturated carbocycles. The number of fused-ring (bicyclic) bond motifs is 1. The fourth-order valence-corrected chi connectivity index (χ4v) is 2.27. The minimum atomic E-state index is -0.719. The molecule has 1 aliphatic rings. The molecule has 1 aromatic carbocycles. The molecule has 3 rings (SSSR count). The molecule has 0 aliphatic carbocycles. The number of aliphatic hydroxyl groups is 1. The third-order valence-electron chi connectivity index (χ3n) is 3.19. The number of aromatic nitrogens is 1. The molecule has 0 radical (unpaired) electrons. The summed E-state index contributed by atoms with van der Waals surface area (Å²) < 4.78 is 5.53.